The van der Waals surface area contributed by atoms with Crippen molar-refractivity contribution in [2.75, 3.05) is 11.5 Å². The number of azo groups is 1. The zero-order valence-electron chi connectivity index (χ0n) is 21.3. The molecular weight excluding hydrogens is 565 g/mol. The van der Waals surface area contributed by atoms with Crippen molar-refractivity contribution in [3.63, 3.8) is 0 Å². The van der Waals surface area contributed by atoms with Crippen molar-refractivity contribution in [3.05, 3.63) is 77.9 Å². The van der Waals surface area contributed by atoms with Crippen LogP contribution < -0.4 is 11.5 Å². The van der Waals surface area contributed by atoms with Crippen LogP contribution in [-0.4, -0.2) is 22.9 Å². The van der Waals surface area contributed by atoms with E-state index < -0.39 is 10.1 Å². The topological polar surface area (TPSA) is 157 Å². The van der Waals surface area contributed by atoms with Crippen LogP contribution in [0.4, 0.5) is 22.7 Å². The average molecular weight is 587 g/mol. The summed E-state index contributed by atoms with van der Waals surface area (Å²) in [5, 5.41) is 10.1. The summed E-state index contributed by atoms with van der Waals surface area (Å²) in [6, 6.07) is 20.3. The third-order valence-electron chi connectivity index (χ3n) is 6.41. The predicted molar refractivity (Wildman–Crippen MR) is 162 cm³/mol. The third-order valence-corrected chi connectivity index (χ3v) is 9.78. The number of thiazole rings is 2. The highest BCUT2D eigenvalue weighted by atomic mass is 32.2. The Hall–Kier alpha value is -4.23. The van der Waals surface area contributed by atoms with Crippen LogP contribution >= 0.6 is 22.7 Å². The fourth-order valence-corrected chi connectivity index (χ4v) is 7.61. The minimum Gasteiger partial charge on any atom is -0.398 e. The fourth-order valence-electron chi connectivity index (χ4n) is 4.29. The van der Waals surface area contributed by atoms with Gasteiger partial charge in [-0.15, -0.1) is 27.8 Å². The van der Waals surface area contributed by atoms with Gasteiger partial charge in [-0.05, 0) is 85.6 Å². The molecule has 4 aromatic carbocycles. The van der Waals surface area contributed by atoms with E-state index in [0.717, 1.165) is 31.9 Å². The molecule has 2 aromatic heterocycles. The largest absolute Gasteiger partial charge is 0.398 e. The average Bonchev–Trinajstić information content (AvgIpc) is 3.53. The number of hydrogen-bond acceptors (Lipinski definition) is 10. The van der Waals surface area contributed by atoms with Crippen LogP contribution in [0.1, 0.15) is 11.1 Å². The van der Waals surface area contributed by atoms with Crippen molar-refractivity contribution in [1.82, 2.24) is 9.97 Å². The number of nitrogens with two attached hydrogens (primary N) is 2. The number of aryl methyl sites for hydroxylation is 2. The summed E-state index contributed by atoms with van der Waals surface area (Å²) in [4.78, 5) is 9.31. The van der Waals surface area contributed by atoms with E-state index in [1.807, 2.05) is 49.4 Å². The Morgan fingerprint density at radius 1 is 0.750 bits per heavy atom. The van der Waals surface area contributed by atoms with E-state index >= 15 is 0 Å². The van der Waals surface area contributed by atoms with E-state index in [2.05, 4.69) is 15.2 Å². The van der Waals surface area contributed by atoms with Crippen LogP contribution in [0.2, 0.25) is 0 Å². The maximum absolute atomic E-state index is 12.0. The SMILES string of the molecule is Cc1cc(N=Nc2ccc(-c3nc4ccc(-c5nc6ccc(C)c(S(=O)(=O)O)c6s5)cc4s3)cc2)c(N)cc1N. The minimum absolute atomic E-state index is 0.0927. The molecule has 200 valence electrons. The first-order valence-corrected chi connectivity index (χ1v) is 15.1. The van der Waals surface area contributed by atoms with Gasteiger partial charge in [0.2, 0.25) is 0 Å². The van der Waals surface area contributed by atoms with E-state index in [0.29, 0.717) is 43.5 Å². The number of benzene rings is 4. The Bertz CT molecular complexity index is 2080. The lowest BCUT2D eigenvalue weighted by Crippen LogP contribution is -2.00. The van der Waals surface area contributed by atoms with E-state index in [-0.39, 0.29) is 4.90 Å². The van der Waals surface area contributed by atoms with E-state index in [1.165, 1.54) is 11.3 Å². The first-order chi connectivity index (χ1) is 19.1. The van der Waals surface area contributed by atoms with Crippen molar-refractivity contribution in [3.8, 4) is 21.1 Å². The second-order valence-corrected chi connectivity index (χ2v) is 12.7. The maximum Gasteiger partial charge on any atom is 0.296 e. The molecule has 0 amide bonds. The Morgan fingerprint density at radius 3 is 2.17 bits per heavy atom. The summed E-state index contributed by atoms with van der Waals surface area (Å²) in [7, 11) is -4.38. The molecule has 0 fully saturated rings. The molecule has 0 aliphatic heterocycles. The molecule has 0 unspecified atom stereocenters. The molecule has 0 spiro atoms. The van der Waals surface area contributed by atoms with Crippen molar-refractivity contribution >= 4 is 76.0 Å². The quantitative estimate of drug-likeness (QED) is 0.106. The van der Waals surface area contributed by atoms with E-state index in [9.17, 15) is 13.0 Å². The van der Waals surface area contributed by atoms with Crippen molar-refractivity contribution < 1.29 is 13.0 Å². The first-order valence-electron chi connectivity index (χ1n) is 12.0. The van der Waals surface area contributed by atoms with Gasteiger partial charge in [0.1, 0.15) is 20.6 Å². The molecule has 0 bridgehead atoms. The van der Waals surface area contributed by atoms with Gasteiger partial charge in [-0.1, -0.05) is 6.07 Å². The number of nitrogen functional groups attached to an aromatic ring is 2. The normalized spacial score (nSPS) is 12.2. The van der Waals surface area contributed by atoms with E-state index in [1.54, 1.807) is 42.5 Å². The summed E-state index contributed by atoms with van der Waals surface area (Å²) in [5.74, 6) is 0. The molecule has 0 aliphatic carbocycles. The first kappa shape index (κ1) is 26.0. The Labute approximate surface area is 237 Å². The summed E-state index contributed by atoms with van der Waals surface area (Å²) in [6.45, 7) is 3.54. The number of rotatable bonds is 5. The van der Waals surface area contributed by atoms with Gasteiger partial charge in [0.25, 0.3) is 10.1 Å². The maximum atomic E-state index is 12.0. The van der Waals surface area contributed by atoms with Gasteiger partial charge in [-0.25, -0.2) is 9.97 Å². The van der Waals surface area contributed by atoms with Gasteiger partial charge in [0.15, 0.2) is 0 Å². The lowest BCUT2D eigenvalue weighted by Gasteiger charge is -2.04. The summed E-state index contributed by atoms with van der Waals surface area (Å²) in [5.41, 5.74) is 18.7. The van der Waals surface area contributed by atoms with Crippen LogP contribution in [0.3, 0.4) is 0 Å². The summed E-state index contributed by atoms with van der Waals surface area (Å²) >= 11 is 2.78. The van der Waals surface area contributed by atoms with Crippen LogP contribution in [0.15, 0.2) is 81.9 Å². The van der Waals surface area contributed by atoms with Gasteiger partial charge in [0, 0.05) is 16.8 Å². The zero-order valence-corrected chi connectivity index (χ0v) is 23.7. The minimum atomic E-state index is -4.38. The number of anilines is 2. The Kier molecular flexibility index (Phi) is 6.34. The second-order valence-electron chi connectivity index (χ2n) is 9.27. The highest BCUT2D eigenvalue weighted by molar-refractivity contribution is 7.86. The molecule has 9 nitrogen and oxygen atoms in total. The van der Waals surface area contributed by atoms with Gasteiger partial charge in [0.05, 0.1) is 31.8 Å². The van der Waals surface area contributed by atoms with Crippen molar-refractivity contribution in [2.24, 2.45) is 10.2 Å². The smallest absolute Gasteiger partial charge is 0.296 e. The highest BCUT2D eigenvalue weighted by Gasteiger charge is 2.21. The summed E-state index contributed by atoms with van der Waals surface area (Å²) < 4.78 is 35.1. The lowest BCUT2D eigenvalue weighted by atomic mass is 10.1. The molecule has 0 radical (unpaired) electrons. The Morgan fingerprint density at radius 2 is 1.43 bits per heavy atom. The second kappa shape index (κ2) is 9.75. The number of fused-ring (bicyclic) bond motifs is 2. The number of aromatic nitrogens is 2. The van der Waals surface area contributed by atoms with Crippen LogP contribution in [0, 0.1) is 13.8 Å². The molecule has 12 heteroatoms. The van der Waals surface area contributed by atoms with Crippen LogP contribution in [0.5, 0.6) is 0 Å². The highest BCUT2D eigenvalue weighted by Crippen LogP contribution is 2.39. The molecule has 6 rings (SSSR count). The van der Waals surface area contributed by atoms with Gasteiger partial charge < -0.3 is 11.5 Å². The van der Waals surface area contributed by atoms with Crippen molar-refractivity contribution in [2.45, 2.75) is 18.7 Å². The predicted octanol–water partition coefficient (Wildman–Crippen LogP) is 7.68. The molecule has 0 saturated heterocycles. The van der Waals surface area contributed by atoms with E-state index in [4.69, 9.17) is 16.5 Å². The molecule has 40 heavy (non-hydrogen) atoms. The molecule has 2 heterocycles. The summed E-state index contributed by atoms with van der Waals surface area (Å²) in [6.07, 6.45) is 0. The van der Waals surface area contributed by atoms with Crippen LogP contribution in [0.25, 0.3) is 41.6 Å². The molecule has 6 aromatic rings. The molecule has 0 aliphatic rings. The zero-order chi connectivity index (χ0) is 28.2. The van der Waals surface area contributed by atoms with Crippen LogP contribution in [-0.2, 0) is 10.1 Å². The monoisotopic (exact) mass is 586 g/mol. The standard InChI is InChI=1S/C28H22N6O3S3/c1-14-3-9-22-25(26(14)40(35,36)37)39-28(32-22)17-6-10-21-24(12-17)38-27(31-21)16-4-7-18(8-5-16)33-34-23-11-15(2)19(29)13-20(23)30/h3-13H,29-30H2,1-2H3,(H,35,36,37). The molecule has 0 atom stereocenters. The molecular formula is C28H22N6O3S3. The fraction of sp³-hybridized carbons (Fsp3) is 0.0714. The molecule has 0 saturated carbocycles. The van der Waals surface area contributed by atoms with Gasteiger partial charge in [-0.3, -0.25) is 4.55 Å². The van der Waals surface area contributed by atoms with Gasteiger partial charge in [-0.2, -0.15) is 13.5 Å². The molecule has 5 N–H and O–H groups in total. The Balaban J connectivity index is 1.29. The lowest BCUT2D eigenvalue weighted by molar-refractivity contribution is 0.483. The number of hydrogen-bond donors (Lipinski definition) is 3. The van der Waals surface area contributed by atoms with Gasteiger partial charge >= 0.3 is 0 Å². The van der Waals surface area contributed by atoms with Crippen molar-refractivity contribution in [1.29, 1.82) is 0 Å². The third kappa shape index (κ3) is 4.82. The number of nitrogens with zero attached hydrogens (tertiary/aromatic N) is 4.